The maximum atomic E-state index is 11.8. The van der Waals surface area contributed by atoms with Crippen LogP contribution in [0.15, 0.2) is 48.5 Å². The first-order chi connectivity index (χ1) is 12.8. The Hall–Kier alpha value is -2.70. The maximum absolute atomic E-state index is 11.8. The van der Waals surface area contributed by atoms with Crippen molar-refractivity contribution in [3.05, 3.63) is 54.1 Å². The summed E-state index contributed by atoms with van der Waals surface area (Å²) in [5, 5.41) is 2.64. The summed E-state index contributed by atoms with van der Waals surface area (Å²) >= 11 is 0. The van der Waals surface area contributed by atoms with Crippen molar-refractivity contribution in [1.82, 2.24) is 14.9 Å². The number of ether oxygens (including phenoxy) is 2. The van der Waals surface area contributed by atoms with Gasteiger partial charge in [-0.2, -0.15) is 0 Å². The van der Waals surface area contributed by atoms with Gasteiger partial charge in [-0.15, -0.1) is 0 Å². The van der Waals surface area contributed by atoms with E-state index in [4.69, 9.17) is 14.5 Å². The van der Waals surface area contributed by atoms with Crippen molar-refractivity contribution < 1.29 is 14.3 Å². The zero-order chi connectivity index (χ0) is 17.9. The Balaban J connectivity index is 1.73. The molecule has 1 saturated heterocycles. The van der Waals surface area contributed by atoms with Gasteiger partial charge in [-0.05, 0) is 24.3 Å². The molecule has 0 spiro atoms. The van der Waals surface area contributed by atoms with Gasteiger partial charge in [0.1, 0.15) is 5.82 Å². The minimum Gasteiger partial charge on any atom is -0.376 e. The number of carbonyl (C=O) groups excluding carboxylic acids is 1. The van der Waals surface area contributed by atoms with Crippen LogP contribution in [0.4, 0.5) is 0 Å². The first kappa shape index (κ1) is 16.8. The molecule has 1 fully saturated rings. The molecule has 26 heavy (non-hydrogen) atoms. The van der Waals surface area contributed by atoms with Gasteiger partial charge in [0.05, 0.1) is 43.5 Å². The average Bonchev–Trinajstić information content (AvgIpc) is 3.07. The van der Waals surface area contributed by atoms with E-state index in [1.165, 1.54) is 0 Å². The molecule has 2 aromatic carbocycles. The summed E-state index contributed by atoms with van der Waals surface area (Å²) in [6.45, 7) is 2.52. The Bertz CT molecular complexity index is 912. The van der Waals surface area contributed by atoms with Crippen LogP contribution in [0.1, 0.15) is 10.4 Å². The second kappa shape index (κ2) is 7.27. The molecule has 0 saturated carbocycles. The molecule has 1 amide bonds. The molecule has 6 heteroatoms. The van der Waals surface area contributed by atoms with Crippen LogP contribution < -0.4 is 5.32 Å². The number of rotatable bonds is 4. The van der Waals surface area contributed by atoms with E-state index < -0.39 is 0 Å². The third-order valence-electron chi connectivity index (χ3n) is 4.56. The molecule has 0 unspecified atom stereocenters. The van der Waals surface area contributed by atoms with Gasteiger partial charge in [-0.3, -0.25) is 4.79 Å². The summed E-state index contributed by atoms with van der Waals surface area (Å²) in [6.07, 6.45) is 0.00486. The lowest BCUT2D eigenvalue weighted by molar-refractivity contribution is -0.0931. The molecule has 0 bridgehead atoms. The highest BCUT2D eigenvalue weighted by molar-refractivity contribution is 5.94. The standard InChI is InChI=1S/C20H21N3O3/c1-21-20(24)15-8-6-14(7-9-15)19-22-17-4-2-3-5-18(17)23(19)12-16-13-25-10-11-26-16/h2-9,16H,10-13H2,1H3,(H,21,24)/t16-/m0/s1. The number of hydrogen-bond acceptors (Lipinski definition) is 4. The highest BCUT2D eigenvalue weighted by atomic mass is 16.6. The maximum Gasteiger partial charge on any atom is 0.251 e. The van der Waals surface area contributed by atoms with Crippen molar-refractivity contribution in [3.8, 4) is 11.4 Å². The summed E-state index contributed by atoms with van der Waals surface area (Å²) < 4.78 is 13.5. The Morgan fingerprint density at radius 2 is 2.00 bits per heavy atom. The van der Waals surface area contributed by atoms with Crippen molar-refractivity contribution in [2.45, 2.75) is 12.6 Å². The van der Waals surface area contributed by atoms with Crippen LogP contribution in [0.5, 0.6) is 0 Å². The van der Waals surface area contributed by atoms with Crippen molar-refractivity contribution in [3.63, 3.8) is 0 Å². The van der Waals surface area contributed by atoms with Crippen LogP contribution in [0.3, 0.4) is 0 Å². The van der Waals surface area contributed by atoms with Gasteiger partial charge in [-0.1, -0.05) is 24.3 Å². The summed E-state index contributed by atoms with van der Waals surface area (Å²) in [5.74, 6) is 0.765. The summed E-state index contributed by atoms with van der Waals surface area (Å²) in [7, 11) is 1.63. The quantitative estimate of drug-likeness (QED) is 0.784. The molecular weight excluding hydrogens is 330 g/mol. The molecule has 1 atom stereocenters. The van der Waals surface area contributed by atoms with E-state index in [1.54, 1.807) is 7.05 Å². The molecule has 1 aliphatic rings. The topological polar surface area (TPSA) is 65.4 Å². The van der Waals surface area contributed by atoms with Crippen LogP contribution in [-0.2, 0) is 16.0 Å². The number of benzene rings is 2. The molecule has 1 aliphatic heterocycles. The highest BCUT2D eigenvalue weighted by Gasteiger charge is 2.20. The third kappa shape index (κ3) is 3.21. The zero-order valence-electron chi connectivity index (χ0n) is 14.6. The SMILES string of the molecule is CNC(=O)c1ccc(-c2nc3ccccc3n2C[C@H]2COCCO2)cc1. The monoisotopic (exact) mass is 351 g/mol. The Labute approximate surface area is 151 Å². The smallest absolute Gasteiger partial charge is 0.251 e. The number of fused-ring (bicyclic) bond motifs is 1. The number of carbonyl (C=O) groups is 1. The lowest BCUT2D eigenvalue weighted by atomic mass is 10.1. The normalized spacial score (nSPS) is 17.3. The van der Waals surface area contributed by atoms with Crippen LogP contribution in [0.2, 0.25) is 0 Å². The van der Waals surface area contributed by atoms with Gasteiger partial charge in [0, 0.05) is 18.2 Å². The molecule has 3 aromatic rings. The largest absolute Gasteiger partial charge is 0.376 e. The predicted molar refractivity (Wildman–Crippen MR) is 99.1 cm³/mol. The van der Waals surface area contributed by atoms with Crippen molar-refractivity contribution in [1.29, 1.82) is 0 Å². The van der Waals surface area contributed by atoms with Crippen LogP contribution in [-0.4, -0.2) is 48.4 Å². The van der Waals surface area contributed by atoms with Crippen molar-refractivity contribution in [2.24, 2.45) is 0 Å². The molecule has 0 radical (unpaired) electrons. The predicted octanol–water partition coefficient (Wildman–Crippen LogP) is 2.48. The number of nitrogens with one attached hydrogen (secondary N) is 1. The number of amides is 1. The van der Waals surface area contributed by atoms with Gasteiger partial charge in [0.15, 0.2) is 0 Å². The number of para-hydroxylation sites is 2. The minimum atomic E-state index is -0.0993. The van der Waals surface area contributed by atoms with Crippen LogP contribution in [0.25, 0.3) is 22.4 Å². The van der Waals surface area contributed by atoms with E-state index in [9.17, 15) is 4.79 Å². The Morgan fingerprint density at radius 1 is 1.19 bits per heavy atom. The summed E-state index contributed by atoms with van der Waals surface area (Å²) in [6, 6.07) is 15.6. The summed E-state index contributed by atoms with van der Waals surface area (Å²) in [4.78, 5) is 16.6. The zero-order valence-corrected chi connectivity index (χ0v) is 14.6. The first-order valence-corrected chi connectivity index (χ1v) is 8.73. The van der Waals surface area contributed by atoms with Crippen LogP contribution in [0, 0.1) is 0 Å². The van der Waals surface area contributed by atoms with Crippen LogP contribution >= 0.6 is 0 Å². The van der Waals surface area contributed by atoms with E-state index >= 15 is 0 Å². The molecule has 4 rings (SSSR count). The minimum absolute atomic E-state index is 0.00486. The number of nitrogens with zero attached hydrogens (tertiary/aromatic N) is 2. The molecule has 1 N–H and O–H groups in total. The second-order valence-electron chi connectivity index (χ2n) is 6.26. The highest BCUT2D eigenvalue weighted by Crippen LogP contribution is 2.26. The van der Waals surface area contributed by atoms with E-state index in [1.807, 2.05) is 42.5 Å². The number of aromatic nitrogens is 2. The fraction of sp³-hybridized carbons (Fsp3) is 0.300. The van der Waals surface area contributed by atoms with E-state index in [0.29, 0.717) is 31.9 Å². The molecular formula is C20H21N3O3. The van der Waals surface area contributed by atoms with Gasteiger partial charge in [0.25, 0.3) is 5.91 Å². The molecule has 134 valence electrons. The van der Waals surface area contributed by atoms with Crippen molar-refractivity contribution in [2.75, 3.05) is 26.9 Å². The van der Waals surface area contributed by atoms with Gasteiger partial charge < -0.3 is 19.4 Å². The lowest BCUT2D eigenvalue weighted by Gasteiger charge is -2.24. The number of hydrogen-bond donors (Lipinski definition) is 1. The van der Waals surface area contributed by atoms with Crippen molar-refractivity contribution >= 4 is 16.9 Å². The van der Waals surface area contributed by atoms with E-state index in [-0.39, 0.29) is 12.0 Å². The fourth-order valence-corrected chi connectivity index (χ4v) is 3.24. The molecule has 0 aliphatic carbocycles. The van der Waals surface area contributed by atoms with E-state index in [2.05, 4.69) is 16.0 Å². The Kier molecular flexibility index (Phi) is 4.69. The second-order valence-corrected chi connectivity index (χ2v) is 6.26. The molecule has 1 aromatic heterocycles. The average molecular weight is 351 g/mol. The molecule has 2 heterocycles. The van der Waals surface area contributed by atoms with E-state index in [0.717, 1.165) is 22.4 Å². The van der Waals surface area contributed by atoms with Gasteiger partial charge >= 0.3 is 0 Å². The lowest BCUT2D eigenvalue weighted by Crippen LogP contribution is -2.32. The summed E-state index contributed by atoms with van der Waals surface area (Å²) in [5.41, 5.74) is 3.59. The Morgan fingerprint density at radius 3 is 2.73 bits per heavy atom. The molecule has 6 nitrogen and oxygen atoms in total. The van der Waals surface area contributed by atoms with Gasteiger partial charge in [0.2, 0.25) is 0 Å². The first-order valence-electron chi connectivity index (χ1n) is 8.73. The fourth-order valence-electron chi connectivity index (χ4n) is 3.24. The third-order valence-corrected chi connectivity index (χ3v) is 4.56. The number of imidazole rings is 1. The van der Waals surface area contributed by atoms with Gasteiger partial charge in [-0.25, -0.2) is 4.98 Å².